The van der Waals surface area contributed by atoms with Gasteiger partial charge in [-0.3, -0.25) is 0 Å². The summed E-state index contributed by atoms with van der Waals surface area (Å²) in [5, 5.41) is 0. The van der Waals surface area contributed by atoms with Gasteiger partial charge in [-0.1, -0.05) is 12.1 Å². The van der Waals surface area contributed by atoms with Crippen molar-refractivity contribution in [2.75, 3.05) is 13.2 Å². The molecular weight excluding hydrogens is 292 g/mol. The molecule has 0 amide bonds. The smallest absolute Gasteiger partial charge is 0.489 e. The van der Waals surface area contributed by atoms with Crippen LogP contribution >= 0.6 is 0 Å². The highest BCUT2D eigenvalue weighted by molar-refractivity contribution is 5.39. The Morgan fingerprint density at radius 3 is 2.00 bits per heavy atom. The second kappa shape index (κ2) is 6.21. The molecule has 1 atom stereocenters. The van der Waals surface area contributed by atoms with Crippen molar-refractivity contribution in [2.45, 2.75) is 12.5 Å². The van der Waals surface area contributed by atoms with Crippen molar-refractivity contribution in [3.05, 3.63) is 24.3 Å². The lowest BCUT2D eigenvalue weighted by Crippen LogP contribution is -2.35. The Labute approximate surface area is 110 Å². The highest BCUT2D eigenvalue weighted by atomic mass is 19.4. The molecule has 0 radical (unpaired) electrons. The van der Waals surface area contributed by atoms with Gasteiger partial charge in [0.15, 0.2) is 11.5 Å². The Morgan fingerprint density at radius 2 is 1.55 bits per heavy atom. The fourth-order valence-electron chi connectivity index (χ4n) is 1.26. The lowest BCUT2D eigenvalue weighted by Gasteiger charge is -2.20. The highest BCUT2D eigenvalue weighted by Crippen LogP contribution is 2.33. The average molecular weight is 303 g/mol. The predicted molar refractivity (Wildman–Crippen MR) is 57.2 cm³/mol. The normalized spacial score (nSPS) is 13.9. The van der Waals surface area contributed by atoms with Crippen molar-refractivity contribution >= 4 is 0 Å². The number of alkyl halides is 6. The van der Waals surface area contributed by atoms with Gasteiger partial charge in [0.25, 0.3) is 0 Å². The molecule has 0 spiro atoms. The van der Waals surface area contributed by atoms with Gasteiger partial charge in [-0.25, -0.2) is 0 Å². The molecule has 3 nitrogen and oxygen atoms in total. The molecule has 1 aromatic rings. The number of para-hydroxylation sites is 2. The molecule has 1 rings (SSSR count). The van der Waals surface area contributed by atoms with E-state index in [0.29, 0.717) is 0 Å². The van der Waals surface area contributed by atoms with E-state index in [-0.39, 0.29) is 0 Å². The van der Waals surface area contributed by atoms with Crippen molar-refractivity contribution in [1.82, 2.24) is 0 Å². The van der Waals surface area contributed by atoms with E-state index in [1.54, 1.807) is 0 Å². The summed E-state index contributed by atoms with van der Waals surface area (Å²) in [5.74, 6) is -3.12. The number of ether oxygens (including phenoxy) is 2. The average Bonchev–Trinajstić information content (AvgIpc) is 2.28. The SMILES string of the molecule is NCC(COc1ccccc1OC(F)(F)F)C(F)(F)F. The van der Waals surface area contributed by atoms with Crippen LogP contribution in [0.5, 0.6) is 11.5 Å². The summed E-state index contributed by atoms with van der Waals surface area (Å²) >= 11 is 0. The molecule has 0 aromatic heterocycles. The summed E-state index contributed by atoms with van der Waals surface area (Å²) in [7, 11) is 0. The van der Waals surface area contributed by atoms with Crippen LogP contribution in [0, 0.1) is 5.92 Å². The molecule has 0 heterocycles. The standard InChI is InChI=1S/C11H11F6NO2/c12-10(13,14)7(5-18)6-19-8-3-1-2-4-9(8)20-11(15,16)17/h1-4,7H,5-6,18H2. The molecule has 0 fully saturated rings. The Bertz CT molecular complexity index is 432. The van der Waals surface area contributed by atoms with Crippen LogP contribution in [0.3, 0.4) is 0 Å². The fraction of sp³-hybridized carbons (Fsp3) is 0.455. The number of benzene rings is 1. The van der Waals surface area contributed by atoms with Crippen LogP contribution in [0.4, 0.5) is 26.3 Å². The van der Waals surface area contributed by atoms with Crippen molar-refractivity contribution in [3.63, 3.8) is 0 Å². The first kappa shape index (κ1) is 16.4. The van der Waals surface area contributed by atoms with Gasteiger partial charge in [0.05, 0.1) is 0 Å². The van der Waals surface area contributed by atoms with E-state index in [1.165, 1.54) is 12.1 Å². The van der Waals surface area contributed by atoms with E-state index in [9.17, 15) is 26.3 Å². The summed E-state index contributed by atoms with van der Waals surface area (Å²) in [6, 6.07) is 4.56. The van der Waals surface area contributed by atoms with E-state index >= 15 is 0 Å². The molecule has 1 unspecified atom stereocenters. The third-order valence-electron chi connectivity index (χ3n) is 2.26. The largest absolute Gasteiger partial charge is 0.573 e. The van der Waals surface area contributed by atoms with E-state index in [2.05, 4.69) is 4.74 Å². The first-order valence-electron chi connectivity index (χ1n) is 5.38. The maximum Gasteiger partial charge on any atom is 0.573 e. The lowest BCUT2D eigenvalue weighted by molar-refractivity contribution is -0.275. The second-order valence-corrected chi connectivity index (χ2v) is 3.78. The van der Waals surface area contributed by atoms with E-state index in [0.717, 1.165) is 12.1 Å². The van der Waals surface area contributed by atoms with Gasteiger partial charge in [0.2, 0.25) is 0 Å². The molecule has 0 saturated heterocycles. The maximum absolute atomic E-state index is 12.4. The van der Waals surface area contributed by atoms with Crippen molar-refractivity contribution in [1.29, 1.82) is 0 Å². The Kier molecular flexibility index (Phi) is 5.09. The summed E-state index contributed by atoms with van der Waals surface area (Å²) in [6.45, 7) is -1.62. The number of rotatable bonds is 5. The van der Waals surface area contributed by atoms with Gasteiger partial charge < -0.3 is 15.2 Å². The molecule has 20 heavy (non-hydrogen) atoms. The summed E-state index contributed by atoms with van der Waals surface area (Å²) in [5.41, 5.74) is 4.95. The highest BCUT2D eigenvalue weighted by Gasteiger charge is 2.39. The van der Waals surface area contributed by atoms with E-state index in [4.69, 9.17) is 10.5 Å². The van der Waals surface area contributed by atoms with Crippen LogP contribution in [-0.4, -0.2) is 25.7 Å². The minimum Gasteiger partial charge on any atom is -0.489 e. The molecule has 0 aliphatic rings. The lowest BCUT2D eigenvalue weighted by atomic mass is 10.1. The molecule has 0 aliphatic carbocycles. The zero-order chi connectivity index (χ0) is 15.4. The number of hydrogen-bond acceptors (Lipinski definition) is 3. The molecule has 0 aliphatic heterocycles. The summed E-state index contributed by atoms with van der Waals surface area (Å²) < 4.78 is 81.9. The van der Waals surface area contributed by atoms with Crippen LogP contribution in [0.15, 0.2) is 24.3 Å². The van der Waals surface area contributed by atoms with Crippen molar-refractivity contribution in [3.8, 4) is 11.5 Å². The first-order valence-corrected chi connectivity index (χ1v) is 5.38. The molecule has 0 saturated carbocycles. The molecule has 114 valence electrons. The summed E-state index contributed by atoms with van der Waals surface area (Å²) in [4.78, 5) is 0. The van der Waals surface area contributed by atoms with Crippen molar-refractivity contribution < 1.29 is 35.8 Å². The Balaban J connectivity index is 2.78. The molecule has 0 bridgehead atoms. The first-order chi connectivity index (χ1) is 9.13. The molecule has 1 aromatic carbocycles. The zero-order valence-electron chi connectivity index (χ0n) is 9.96. The van der Waals surface area contributed by atoms with Crippen LogP contribution in [0.2, 0.25) is 0 Å². The minimum absolute atomic E-state index is 0.437. The number of hydrogen-bond donors (Lipinski definition) is 1. The van der Waals surface area contributed by atoms with Gasteiger partial charge in [-0.15, -0.1) is 13.2 Å². The maximum atomic E-state index is 12.4. The number of nitrogens with two attached hydrogens (primary N) is 1. The molecular formula is C11H11F6NO2. The molecule has 2 N–H and O–H groups in total. The van der Waals surface area contributed by atoms with Gasteiger partial charge in [0.1, 0.15) is 12.5 Å². The van der Waals surface area contributed by atoms with Gasteiger partial charge in [-0.2, -0.15) is 13.2 Å². The van der Waals surface area contributed by atoms with Crippen LogP contribution in [0.1, 0.15) is 0 Å². The quantitative estimate of drug-likeness (QED) is 0.850. The fourth-order valence-corrected chi connectivity index (χ4v) is 1.26. The molecule has 9 heteroatoms. The van der Waals surface area contributed by atoms with E-state index < -0.39 is 43.1 Å². The Hall–Kier alpha value is -1.64. The topological polar surface area (TPSA) is 44.5 Å². The zero-order valence-corrected chi connectivity index (χ0v) is 9.96. The monoisotopic (exact) mass is 303 g/mol. The second-order valence-electron chi connectivity index (χ2n) is 3.78. The van der Waals surface area contributed by atoms with Gasteiger partial charge in [0, 0.05) is 6.54 Å². The summed E-state index contributed by atoms with van der Waals surface area (Å²) in [6.07, 6.45) is -9.55. The van der Waals surface area contributed by atoms with Crippen molar-refractivity contribution in [2.24, 2.45) is 11.7 Å². The third-order valence-corrected chi connectivity index (χ3v) is 2.26. The van der Waals surface area contributed by atoms with Gasteiger partial charge in [-0.05, 0) is 12.1 Å². The van der Waals surface area contributed by atoms with Crippen LogP contribution < -0.4 is 15.2 Å². The van der Waals surface area contributed by atoms with Crippen LogP contribution in [-0.2, 0) is 0 Å². The number of halogens is 6. The minimum atomic E-state index is -4.96. The predicted octanol–water partition coefficient (Wildman–Crippen LogP) is 3.10. The van der Waals surface area contributed by atoms with Crippen LogP contribution in [0.25, 0.3) is 0 Å². The van der Waals surface area contributed by atoms with E-state index in [1.807, 2.05) is 0 Å². The van der Waals surface area contributed by atoms with Gasteiger partial charge >= 0.3 is 12.5 Å². The Morgan fingerprint density at radius 1 is 1.00 bits per heavy atom. The third kappa shape index (κ3) is 5.16.